The van der Waals surface area contributed by atoms with Crippen molar-refractivity contribution >= 4 is 41.1 Å². The first kappa shape index (κ1) is 23.1. The molecule has 1 saturated heterocycles. The second-order valence-corrected chi connectivity index (χ2v) is 8.45. The largest absolute Gasteiger partial charge is 0.457 e. The lowest BCUT2D eigenvalue weighted by molar-refractivity contribution is -0.131. The number of hydrogen-bond acceptors (Lipinski definition) is 4. The Hall–Kier alpha value is -3.06. The maximum Gasteiger partial charge on any atom is 0.270 e. The minimum atomic E-state index is -0.379. The van der Waals surface area contributed by atoms with Crippen molar-refractivity contribution in [2.24, 2.45) is 0 Å². The monoisotopic (exact) mass is 484 g/mol. The van der Waals surface area contributed by atoms with Crippen LogP contribution in [0.5, 0.6) is 0 Å². The van der Waals surface area contributed by atoms with Gasteiger partial charge in [-0.1, -0.05) is 40.9 Å². The third-order valence-electron chi connectivity index (χ3n) is 5.20. The van der Waals surface area contributed by atoms with Crippen LogP contribution in [0.25, 0.3) is 17.4 Å². The number of morpholine rings is 1. The van der Waals surface area contributed by atoms with E-state index in [-0.39, 0.29) is 17.5 Å². The summed E-state index contributed by atoms with van der Waals surface area (Å²) in [5.74, 6) is 0.236. The lowest BCUT2D eigenvalue weighted by Crippen LogP contribution is -2.44. The van der Waals surface area contributed by atoms with E-state index in [4.69, 9.17) is 32.4 Å². The molecule has 170 valence electrons. The van der Waals surface area contributed by atoms with E-state index < -0.39 is 0 Å². The van der Waals surface area contributed by atoms with Crippen molar-refractivity contribution in [2.75, 3.05) is 26.3 Å². The van der Waals surface area contributed by atoms with E-state index in [1.807, 2.05) is 19.1 Å². The Labute approximate surface area is 201 Å². The van der Waals surface area contributed by atoms with Gasteiger partial charge in [0.25, 0.3) is 11.8 Å². The first-order chi connectivity index (χ1) is 15.9. The molecule has 2 heterocycles. The van der Waals surface area contributed by atoms with Crippen molar-refractivity contribution in [2.45, 2.75) is 6.92 Å². The van der Waals surface area contributed by atoms with E-state index in [0.717, 1.165) is 5.56 Å². The standard InChI is InChI=1S/C25H22Cl2N2O4/c1-16-2-4-17(5-3-16)24(30)28-22(25(31)29-10-12-32-13-11-29)15-19-7-9-23(33-19)20-8-6-18(26)14-21(20)27/h2-9,14-15H,10-13H2,1H3,(H,28,30)/b22-15+. The fourth-order valence-corrected chi connectivity index (χ4v) is 3.90. The predicted molar refractivity (Wildman–Crippen MR) is 128 cm³/mol. The first-order valence-corrected chi connectivity index (χ1v) is 11.2. The Kier molecular flexibility index (Phi) is 7.18. The molecular formula is C25H22Cl2N2O4. The zero-order valence-electron chi connectivity index (χ0n) is 17.9. The zero-order valence-corrected chi connectivity index (χ0v) is 19.4. The van der Waals surface area contributed by atoms with Gasteiger partial charge in [-0.3, -0.25) is 9.59 Å². The second kappa shape index (κ2) is 10.3. The second-order valence-electron chi connectivity index (χ2n) is 7.61. The van der Waals surface area contributed by atoms with Crippen LogP contribution >= 0.6 is 23.2 Å². The van der Waals surface area contributed by atoms with Gasteiger partial charge < -0.3 is 19.4 Å². The Morgan fingerprint density at radius 2 is 1.73 bits per heavy atom. The van der Waals surface area contributed by atoms with Crippen molar-refractivity contribution in [3.8, 4) is 11.3 Å². The van der Waals surface area contributed by atoms with Crippen molar-refractivity contribution in [3.63, 3.8) is 0 Å². The Balaban J connectivity index is 1.63. The van der Waals surface area contributed by atoms with E-state index in [0.29, 0.717) is 59.0 Å². The van der Waals surface area contributed by atoms with Gasteiger partial charge in [0.05, 0.1) is 18.2 Å². The number of nitrogens with zero attached hydrogens (tertiary/aromatic N) is 1. The molecule has 1 fully saturated rings. The molecule has 3 aromatic rings. The maximum atomic E-state index is 13.2. The fourth-order valence-electron chi connectivity index (χ4n) is 3.39. The van der Waals surface area contributed by atoms with E-state index in [1.54, 1.807) is 47.4 Å². The van der Waals surface area contributed by atoms with Gasteiger partial charge in [-0.05, 0) is 49.4 Å². The molecule has 0 atom stereocenters. The summed E-state index contributed by atoms with van der Waals surface area (Å²) in [5.41, 5.74) is 2.28. The van der Waals surface area contributed by atoms with Crippen molar-refractivity contribution in [1.82, 2.24) is 10.2 Å². The number of rotatable bonds is 5. The first-order valence-electron chi connectivity index (χ1n) is 10.4. The van der Waals surface area contributed by atoms with Crippen molar-refractivity contribution < 1.29 is 18.7 Å². The predicted octanol–water partition coefficient (Wildman–Crippen LogP) is 5.19. The van der Waals surface area contributed by atoms with Gasteiger partial charge in [0.1, 0.15) is 17.2 Å². The number of carbonyl (C=O) groups excluding carboxylic acids is 2. The average Bonchev–Trinajstić information content (AvgIpc) is 3.27. The summed E-state index contributed by atoms with van der Waals surface area (Å²) >= 11 is 12.3. The van der Waals surface area contributed by atoms with Crippen LogP contribution in [0, 0.1) is 6.92 Å². The number of benzene rings is 2. The highest BCUT2D eigenvalue weighted by atomic mass is 35.5. The topological polar surface area (TPSA) is 71.8 Å². The van der Waals surface area contributed by atoms with Crippen LogP contribution in [0.15, 0.2) is 64.7 Å². The van der Waals surface area contributed by atoms with Gasteiger partial charge in [0.15, 0.2) is 0 Å². The molecule has 1 aliphatic rings. The molecule has 1 aliphatic heterocycles. The summed E-state index contributed by atoms with van der Waals surface area (Å²) in [6.07, 6.45) is 1.53. The maximum absolute atomic E-state index is 13.2. The molecule has 0 unspecified atom stereocenters. The minimum Gasteiger partial charge on any atom is -0.457 e. The van der Waals surface area contributed by atoms with Crippen LogP contribution in [0.2, 0.25) is 10.0 Å². The molecule has 4 rings (SSSR count). The summed E-state index contributed by atoms with van der Waals surface area (Å²) in [4.78, 5) is 27.7. The number of carbonyl (C=O) groups is 2. The van der Waals surface area contributed by atoms with Crippen LogP contribution in [0.4, 0.5) is 0 Å². The molecule has 0 spiro atoms. The van der Waals surface area contributed by atoms with Gasteiger partial charge in [0, 0.05) is 35.3 Å². The van der Waals surface area contributed by atoms with Crippen LogP contribution in [-0.2, 0) is 9.53 Å². The van der Waals surface area contributed by atoms with E-state index in [1.165, 1.54) is 6.08 Å². The minimum absolute atomic E-state index is 0.116. The smallest absolute Gasteiger partial charge is 0.270 e. The fraction of sp³-hybridized carbons (Fsp3) is 0.200. The Bertz CT molecular complexity index is 1200. The van der Waals surface area contributed by atoms with E-state index in [2.05, 4.69) is 5.32 Å². The molecule has 0 bridgehead atoms. The number of nitrogens with one attached hydrogen (secondary N) is 1. The third-order valence-corrected chi connectivity index (χ3v) is 5.75. The summed E-state index contributed by atoms with van der Waals surface area (Å²) in [6.45, 7) is 3.73. The highest BCUT2D eigenvalue weighted by Gasteiger charge is 2.23. The molecule has 6 nitrogen and oxygen atoms in total. The van der Waals surface area contributed by atoms with Gasteiger partial charge in [-0.2, -0.15) is 0 Å². The molecule has 0 aliphatic carbocycles. The Morgan fingerprint density at radius 3 is 2.42 bits per heavy atom. The molecular weight excluding hydrogens is 463 g/mol. The summed E-state index contributed by atoms with van der Waals surface area (Å²) in [6, 6.07) is 15.7. The van der Waals surface area contributed by atoms with Gasteiger partial charge in [0.2, 0.25) is 0 Å². The molecule has 33 heavy (non-hydrogen) atoms. The number of aryl methyl sites for hydroxylation is 1. The van der Waals surface area contributed by atoms with Crippen molar-refractivity contribution in [1.29, 1.82) is 0 Å². The molecule has 2 amide bonds. The van der Waals surface area contributed by atoms with Crippen molar-refractivity contribution in [3.05, 3.63) is 87.2 Å². The Morgan fingerprint density at radius 1 is 1.00 bits per heavy atom. The number of furan rings is 1. The number of ether oxygens (including phenoxy) is 1. The average molecular weight is 485 g/mol. The lowest BCUT2D eigenvalue weighted by atomic mass is 10.1. The summed E-state index contributed by atoms with van der Waals surface area (Å²) in [5, 5.41) is 3.72. The molecule has 8 heteroatoms. The van der Waals surface area contributed by atoms with E-state index >= 15 is 0 Å². The quantitative estimate of drug-likeness (QED) is 0.505. The van der Waals surface area contributed by atoms with Crippen LogP contribution < -0.4 is 5.32 Å². The molecule has 1 aromatic heterocycles. The van der Waals surface area contributed by atoms with Crippen LogP contribution in [-0.4, -0.2) is 43.0 Å². The van der Waals surface area contributed by atoms with Gasteiger partial charge >= 0.3 is 0 Å². The van der Waals surface area contributed by atoms with Crippen LogP contribution in [0.3, 0.4) is 0 Å². The summed E-state index contributed by atoms with van der Waals surface area (Å²) in [7, 11) is 0. The third kappa shape index (κ3) is 5.66. The van der Waals surface area contributed by atoms with E-state index in [9.17, 15) is 9.59 Å². The highest BCUT2D eigenvalue weighted by Crippen LogP contribution is 2.32. The summed E-state index contributed by atoms with van der Waals surface area (Å²) < 4.78 is 11.3. The molecule has 0 radical (unpaired) electrons. The highest BCUT2D eigenvalue weighted by molar-refractivity contribution is 6.36. The molecule has 0 saturated carbocycles. The van der Waals surface area contributed by atoms with Gasteiger partial charge in [-0.25, -0.2) is 0 Å². The normalized spacial score (nSPS) is 14.3. The number of halogens is 2. The van der Waals surface area contributed by atoms with Crippen LogP contribution in [0.1, 0.15) is 21.7 Å². The zero-order chi connectivity index (χ0) is 23.4. The molecule has 2 aromatic carbocycles. The number of hydrogen-bond donors (Lipinski definition) is 1. The lowest BCUT2D eigenvalue weighted by Gasteiger charge is -2.27. The number of amides is 2. The SMILES string of the molecule is Cc1ccc(C(=O)N/C(=C/c2ccc(-c3ccc(Cl)cc3Cl)o2)C(=O)N2CCOCC2)cc1. The molecule has 1 N–H and O–H groups in total. The van der Waals surface area contributed by atoms with Gasteiger partial charge in [-0.15, -0.1) is 0 Å².